The lowest BCUT2D eigenvalue weighted by molar-refractivity contribution is -0.158. The third kappa shape index (κ3) is 4.75. The number of nitrogens with zero attached hydrogens (tertiary/aromatic N) is 1. The van der Waals surface area contributed by atoms with Crippen molar-refractivity contribution in [2.24, 2.45) is 5.92 Å². The molecule has 8 nitrogen and oxygen atoms in total. The molecule has 3 unspecified atom stereocenters. The Morgan fingerprint density at radius 1 is 1.09 bits per heavy atom. The molecule has 2 aromatic rings. The summed E-state index contributed by atoms with van der Waals surface area (Å²) in [6.45, 7) is 3.66. The fraction of sp³-hybridized carbons (Fsp3) is 0.444. The molecule has 8 heteroatoms. The van der Waals surface area contributed by atoms with E-state index < -0.39 is 29.6 Å². The summed E-state index contributed by atoms with van der Waals surface area (Å²) in [5.74, 6) is -1.85. The highest BCUT2D eigenvalue weighted by Gasteiger charge is 2.45. The number of carboxylic acid groups (broad SMARTS) is 1. The second-order valence-electron chi connectivity index (χ2n) is 9.62. The van der Waals surface area contributed by atoms with Crippen LogP contribution in [0.2, 0.25) is 0 Å². The molecule has 2 N–H and O–H groups in total. The highest BCUT2D eigenvalue weighted by Crippen LogP contribution is 2.44. The van der Waals surface area contributed by atoms with Crippen LogP contribution in [0.1, 0.15) is 43.7 Å². The Labute approximate surface area is 205 Å². The minimum absolute atomic E-state index is 0.107. The number of piperidine rings is 1. The number of methoxy groups -OCH3 is 1. The van der Waals surface area contributed by atoms with Crippen molar-refractivity contribution in [3.8, 4) is 11.1 Å². The van der Waals surface area contributed by atoms with Crippen LogP contribution in [0, 0.1) is 5.92 Å². The smallest absolute Gasteiger partial charge is 0.408 e. The predicted octanol–water partition coefficient (Wildman–Crippen LogP) is 3.64. The minimum Gasteiger partial charge on any atom is -0.480 e. The molecule has 35 heavy (non-hydrogen) atoms. The number of likely N-dealkylation sites (tertiary alicyclic amines) is 1. The summed E-state index contributed by atoms with van der Waals surface area (Å²) in [4.78, 5) is 39.7. The first kappa shape index (κ1) is 24.7. The Morgan fingerprint density at radius 3 is 2.26 bits per heavy atom. The number of benzene rings is 2. The van der Waals surface area contributed by atoms with Gasteiger partial charge in [-0.2, -0.15) is 0 Å². The largest absolute Gasteiger partial charge is 0.480 e. The fourth-order valence-electron chi connectivity index (χ4n) is 5.41. The van der Waals surface area contributed by atoms with Crippen LogP contribution in [0.25, 0.3) is 11.1 Å². The first-order chi connectivity index (χ1) is 16.8. The van der Waals surface area contributed by atoms with Crippen molar-refractivity contribution in [3.05, 3.63) is 59.7 Å². The van der Waals surface area contributed by atoms with Crippen molar-refractivity contribution in [2.75, 3.05) is 26.9 Å². The van der Waals surface area contributed by atoms with Crippen molar-refractivity contribution < 1.29 is 29.0 Å². The molecule has 0 saturated carbocycles. The van der Waals surface area contributed by atoms with E-state index in [1.165, 1.54) is 12.0 Å². The maximum absolute atomic E-state index is 13.5. The molecule has 186 valence electrons. The van der Waals surface area contributed by atoms with Crippen LogP contribution in [-0.4, -0.2) is 66.4 Å². The summed E-state index contributed by atoms with van der Waals surface area (Å²) in [6, 6.07) is 15.1. The zero-order chi connectivity index (χ0) is 25.2. The second-order valence-corrected chi connectivity index (χ2v) is 9.62. The first-order valence-corrected chi connectivity index (χ1v) is 11.9. The molecular weight excluding hydrogens is 448 g/mol. The van der Waals surface area contributed by atoms with E-state index in [0.29, 0.717) is 13.0 Å². The number of hydrogen-bond acceptors (Lipinski definition) is 5. The standard InChI is InChI=1S/C27H32N2O6/c1-17-9-8-14-29(23(17)24(30)31)25(32)27(2,16-34-3)28-26(33)35-15-22-20-12-6-4-10-18(20)19-11-5-7-13-21(19)22/h4-7,10-13,17,22-23H,8-9,14-16H2,1-3H3,(H,28,33)(H,30,31). The number of rotatable bonds is 7. The number of nitrogens with one attached hydrogen (secondary N) is 1. The first-order valence-electron chi connectivity index (χ1n) is 11.9. The molecule has 1 heterocycles. The molecule has 0 bridgehead atoms. The number of amides is 2. The molecule has 2 aliphatic rings. The Bertz CT molecular complexity index is 1070. The predicted molar refractivity (Wildman–Crippen MR) is 130 cm³/mol. The van der Waals surface area contributed by atoms with E-state index >= 15 is 0 Å². The maximum atomic E-state index is 13.5. The van der Waals surface area contributed by atoms with Crippen LogP contribution in [0.5, 0.6) is 0 Å². The normalized spacial score (nSPS) is 20.9. The molecule has 1 fully saturated rings. The number of carbonyl (C=O) groups excluding carboxylic acids is 2. The molecule has 1 aliphatic carbocycles. The molecule has 2 amide bonds. The topological polar surface area (TPSA) is 105 Å². The highest BCUT2D eigenvalue weighted by molar-refractivity contribution is 5.93. The van der Waals surface area contributed by atoms with E-state index in [2.05, 4.69) is 17.4 Å². The van der Waals surface area contributed by atoms with E-state index in [4.69, 9.17) is 9.47 Å². The Hall–Kier alpha value is -3.39. The van der Waals surface area contributed by atoms with Gasteiger partial charge in [0.25, 0.3) is 5.91 Å². The van der Waals surface area contributed by atoms with Gasteiger partial charge in [-0.15, -0.1) is 0 Å². The van der Waals surface area contributed by atoms with Crippen LogP contribution < -0.4 is 5.32 Å². The van der Waals surface area contributed by atoms with Crippen molar-refractivity contribution in [1.82, 2.24) is 10.2 Å². The Balaban J connectivity index is 1.49. The number of aliphatic carboxylic acids is 1. The van der Waals surface area contributed by atoms with Crippen LogP contribution in [0.4, 0.5) is 4.79 Å². The second kappa shape index (κ2) is 10.1. The molecule has 2 aromatic carbocycles. The average Bonchev–Trinajstić information content (AvgIpc) is 3.15. The van der Waals surface area contributed by atoms with Gasteiger partial charge in [-0.3, -0.25) is 4.79 Å². The van der Waals surface area contributed by atoms with Crippen LogP contribution in [0.15, 0.2) is 48.5 Å². The monoisotopic (exact) mass is 480 g/mol. The number of ether oxygens (including phenoxy) is 2. The maximum Gasteiger partial charge on any atom is 0.408 e. The molecule has 0 spiro atoms. The van der Waals surface area contributed by atoms with E-state index in [0.717, 1.165) is 28.7 Å². The summed E-state index contributed by atoms with van der Waals surface area (Å²) in [5.41, 5.74) is 2.95. The number of carbonyl (C=O) groups is 3. The molecule has 0 radical (unpaired) electrons. The Morgan fingerprint density at radius 2 is 1.69 bits per heavy atom. The van der Waals surface area contributed by atoms with Gasteiger partial charge in [0.1, 0.15) is 18.2 Å². The highest BCUT2D eigenvalue weighted by atomic mass is 16.5. The average molecular weight is 481 g/mol. The van der Waals surface area contributed by atoms with Crippen molar-refractivity contribution >= 4 is 18.0 Å². The van der Waals surface area contributed by atoms with Gasteiger partial charge >= 0.3 is 12.1 Å². The summed E-state index contributed by atoms with van der Waals surface area (Å²) in [5, 5.41) is 12.4. The van der Waals surface area contributed by atoms with Gasteiger partial charge in [-0.25, -0.2) is 9.59 Å². The lowest BCUT2D eigenvalue weighted by atomic mass is 9.88. The zero-order valence-corrected chi connectivity index (χ0v) is 20.3. The van der Waals surface area contributed by atoms with E-state index in [1.807, 2.05) is 43.3 Å². The van der Waals surface area contributed by atoms with Gasteiger partial charge in [0.2, 0.25) is 0 Å². The third-order valence-electron chi connectivity index (χ3n) is 7.07. The lowest BCUT2D eigenvalue weighted by Crippen LogP contribution is -2.64. The number of fused-ring (bicyclic) bond motifs is 3. The molecule has 4 rings (SSSR count). The Kier molecular flexibility index (Phi) is 7.12. The lowest BCUT2D eigenvalue weighted by Gasteiger charge is -2.42. The van der Waals surface area contributed by atoms with Gasteiger partial charge in [0, 0.05) is 19.6 Å². The van der Waals surface area contributed by atoms with E-state index in [1.54, 1.807) is 6.92 Å². The van der Waals surface area contributed by atoms with Gasteiger partial charge < -0.3 is 24.8 Å². The number of carboxylic acids is 1. The molecular formula is C27H32N2O6. The third-order valence-corrected chi connectivity index (χ3v) is 7.07. The summed E-state index contributed by atoms with van der Waals surface area (Å²) in [6.07, 6.45) is 0.670. The summed E-state index contributed by atoms with van der Waals surface area (Å²) >= 11 is 0. The van der Waals surface area contributed by atoms with Crippen LogP contribution >= 0.6 is 0 Å². The van der Waals surface area contributed by atoms with E-state index in [9.17, 15) is 19.5 Å². The van der Waals surface area contributed by atoms with Crippen LogP contribution in [0.3, 0.4) is 0 Å². The summed E-state index contributed by atoms with van der Waals surface area (Å²) < 4.78 is 10.9. The van der Waals surface area contributed by atoms with Gasteiger partial charge in [-0.05, 0) is 47.9 Å². The quantitative estimate of drug-likeness (QED) is 0.627. The number of alkyl carbamates (subject to hydrolysis) is 1. The molecule has 0 aromatic heterocycles. The zero-order valence-electron chi connectivity index (χ0n) is 20.3. The van der Waals surface area contributed by atoms with Gasteiger partial charge in [0.15, 0.2) is 0 Å². The van der Waals surface area contributed by atoms with E-state index in [-0.39, 0.29) is 25.0 Å². The van der Waals surface area contributed by atoms with Crippen LogP contribution in [-0.2, 0) is 19.1 Å². The van der Waals surface area contributed by atoms with Crippen molar-refractivity contribution in [1.29, 1.82) is 0 Å². The SMILES string of the molecule is COCC(C)(NC(=O)OCC1c2ccccc2-c2ccccc21)C(=O)N1CCCC(C)C1C(=O)O. The fourth-order valence-corrected chi connectivity index (χ4v) is 5.41. The van der Waals surface area contributed by atoms with Gasteiger partial charge in [-0.1, -0.05) is 55.5 Å². The van der Waals surface area contributed by atoms with Gasteiger partial charge in [0.05, 0.1) is 6.61 Å². The molecule has 3 atom stereocenters. The van der Waals surface area contributed by atoms with Crippen molar-refractivity contribution in [3.63, 3.8) is 0 Å². The number of hydrogen-bond donors (Lipinski definition) is 2. The minimum atomic E-state index is -1.47. The molecule has 1 saturated heterocycles. The summed E-state index contributed by atoms with van der Waals surface area (Å²) in [7, 11) is 1.43. The van der Waals surface area contributed by atoms with Crippen molar-refractivity contribution in [2.45, 2.75) is 44.2 Å². The molecule has 1 aliphatic heterocycles.